The van der Waals surface area contributed by atoms with Crippen molar-refractivity contribution in [3.63, 3.8) is 0 Å². The molecule has 0 fully saturated rings. The molecule has 1 aliphatic heterocycles. The molecule has 0 spiro atoms. The van der Waals surface area contributed by atoms with E-state index in [1.54, 1.807) is 32.4 Å². The minimum Gasteiger partial charge on any atom is -0.497 e. The monoisotopic (exact) mass is 359 g/mol. The Hall–Kier alpha value is -2.93. The highest BCUT2D eigenvalue weighted by atomic mass is 16.7. The molecule has 2 N–H and O–H groups in total. The second kappa shape index (κ2) is 7.97. The molecule has 0 aromatic heterocycles. The van der Waals surface area contributed by atoms with Crippen molar-refractivity contribution < 1.29 is 28.6 Å². The van der Waals surface area contributed by atoms with E-state index in [9.17, 15) is 4.79 Å². The number of ether oxygens (including phenoxy) is 4. The Morgan fingerprint density at radius 1 is 1.12 bits per heavy atom. The summed E-state index contributed by atoms with van der Waals surface area (Å²) in [5, 5.41) is 2.89. The first kappa shape index (κ1) is 17.9. The maximum absolute atomic E-state index is 12.4. The van der Waals surface area contributed by atoms with Gasteiger partial charge in [0, 0.05) is 11.6 Å². The van der Waals surface area contributed by atoms with Crippen LogP contribution in [0.25, 0.3) is 0 Å². The summed E-state index contributed by atoms with van der Waals surface area (Å²) in [6.07, 6.45) is 0. The number of carbonyl (C=O) groups is 1. The summed E-state index contributed by atoms with van der Waals surface area (Å²) in [6, 6.07) is 11.1. The first-order chi connectivity index (χ1) is 12.6. The Morgan fingerprint density at radius 2 is 1.92 bits per heavy atom. The van der Waals surface area contributed by atoms with Crippen LogP contribution in [0.5, 0.6) is 23.0 Å². The van der Waals surface area contributed by atoms with Crippen LogP contribution >= 0.6 is 0 Å². The molecule has 138 valence electrons. The topological polar surface area (TPSA) is 70.5 Å². The molecule has 1 unspecified atom stereocenters. The van der Waals surface area contributed by atoms with Crippen LogP contribution in [-0.2, 0) is 11.3 Å². The van der Waals surface area contributed by atoms with Gasteiger partial charge in [0.2, 0.25) is 6.79 Å². The zero-order valence-corrected chi connectivity index (χ0v) is 15.1. The van der Waals surface area contributed by atoms with Crippen LogP contribution in [0, 0.1) is 0 Å². The number of methoxy groups -OCH3 is 2. The van der Waals surface area contributed by atoms with Gasteiger partial charge in [-0.05, 0) is 30.3 Å². The summed E-state index contributed by atoms with van der Waals surface area (Å²) < 4.78 is 21.2. The SMILES string of the molecule is COc1ccc(OC)c(NC(=O)C[NH+](C)Cc2ccc3c(c2)OCO3)c1. The second-order valence-electron chi connectivity index (χ2n) is 6.11. The normalized spacial score (nSPS) is 13.2. The average molecular weight is 359 g/mol. The number of anilines is 1. The molecular formula is C19H23N2O5+. The number of quaternary nitrogens is 1. The van der Waals surface area contributed by atoms with Gasteiger partial charge in [0.05, 0.1) is 27.0 Å². The summed E-state index contributed by atoms with van der Waals surface area (Å²) in [6.45, 7) is 1.26. The van der Waals surface area contributed by atoms with Crippen LogP contribution in [-0.4, -0.2) is 40.5 Å². The van der Waals surface area contributed by atoms with Gasteiger partial charge in [-0.25, -0.2) is 0 Å². The summed E-state index contributed by atoms with van der Waals surface area (Å²) in [5.74, 6) is 2.65. The van der Waals surface area contributed by atoms with Crippen LogP contribution in [0.2, 0.25) is 0 Å². The molecule has 0 saturated heterocycles. The third-order valence-corrected chi connectivity index (χ3v) is 4.09. The van der Waals surface area contributed by atoms with Crippen LogP contribution < -0.4 is 29.2 Å². The Morgan fingerprint density at radius 3 is 2.69 bits per heavy atom. The van der Waals surface area contributed by atoms with Gasteiger partial charge in [-0.3, -0.25) is 4.79 Å². The molecule has 0 saturated carbocycles. The van der Waals surface area contributed by atoms with Crippen LogP contribution in [0.3, 0.4) is 0 Å². The molecule has 1 amide bonds. The van der Waals surface area contributed by atoms with Gasteiger partial charge in [0.15, 0.2) is 18.0 Å². The number of rotatable bonds is 7. The van der Waals surface area contributed by atoms with Crippen LogP contribution in [0.4, 0.5) is 5.69 Å². The van der Waals surface area contributed by atoms with E-state index in [0.717, 1.165) is 22.0 Å². The van der Waals surface area contributed by atoms with Crippen molar-refractivity contribution in [3.8, 4) is 23.0 Å². The average Bonchev–Trinajstić information content (AvgIpc) is 3.09. The van der Waals surface area contributed by atoms with E-state index in [1.807, 2.05) is 25.2 Å². The van der Waals surface area contributed by atoms with Crippen molar-refractivity contribution in [2.75, 3.05) is 39.9 Å². The molecule has 0 aliphatic carbocycles. The molecule has 3 rings (SSSR count). The van der Waals surface area contributed by atoms with Gasteiger partial charge in [0.25, 0.3) is 5.91 Å². The minimum atomic E-state index is -0.102. The maximum Gasteiger partial charge on any atom is 0.279 e. The predicted octanol–water partition coefficient (Wildman–Crippen LogP) is 1.09. The zero-order chi connectivity index (χ0) is 18.5. The van der Waals surface area contributed by atoms with E-state index >= 15 is 0 Å². The molecule has 2 aromatic carbocycles. The first-order valence-electron chi connectivity index (χ1n) is 8.30. The van der Waals surface area contributed by atoms with Crippen molar-refractivity contribution in [2.45, 2.75) is 6.54 Å². The summed E-state index contributed by atoms with van der Waals surface area (Å²) in [5.41, 5.74) is 1.67. The van der Waals surface area contributed by atoms with Crippen molar-refractivity contribution >= 4 is 11.6 Å². The smallest absolute Gasteiger partial charge is 0.279 e. The van der Waals surface area contributed by atoms with Crippen LogP contribution in [0.15, 0.2) is 36.4 Å². The molecule has 1 aliphatic rings. The lowest BCUT2D eigenvalue weighted by atomic mass is 10.2. The van der Waals surface area contributed by atoms with E-state index in [0.29, 0.717) is 30.3 Å². The lowest BCUT2D eigenvalue weighted by Gasteiger charge is -2.15. The lowest BCUT2D eigenvalue weighted by Crippen LogP contribution is -3.08. The maximum atomic E-state index is 12.4. The molecule has 1 heterocycles. The Kier molecular flexibility index (Phi) is 5.48. The molecule has 7 heteroatoms. The van der Waals surface area contributed by atoms with E-state index in [4.69, 9.17) is 18.9 Å². The number of benzene rings is 2. The largest absolute Gasteiger partial charge is 0.497 e. The van der Waals surface area contributed by atoms with Crippen molar-refractivity contribution in [2.24, 2.45) is 0 Å². The van der Waals surface area contributed by atoms with Crippen molar-refractivity contribution in [1.82, 2.24) is 0 Å². The fourth-order valence-corrected chi connectivity index (χ4v) is 2.84. The second-order valence-corrected chi connectivity index (χ2v) is 6.11. The number of nitrogens with one attached hydrogen (secondary N) is 2. The molecule has 1 atom stereocenters. The molecule has 0 radical (unpaired) electrons. The van der Waals surface area contributed by atoms with Gasteiger partial charge in [-0.1, -0.05) is 0 Å². The number of amides is 1. The quantitative estimate of drug-likeness (QED) is 0.774. The van der Waals surface area contributed by atoms with Crippen LogP contribution in [0.1, 0.15) is 5.56 Å². The Labute approximate surface area is 152 Å². The standard InChI is InChI=1S/C19H22N2O5/c1-21(10-13-4-6-17-18(8-13)26-12-25-17)11-19(22)20-15-9-14(23-2)5-7-16(15)24-3/h4-9H,10-12H2,1-3H3,(H,20,22)/p+1. The van der Waals surface area contributed by atoms with E-state index in [2.05, 4.69) is 5.32 Å². The number of hydrogen-bond acceptors (Lipinski definition) is 5. The number of fused-ring (bicyclic) bond motifs is 1. The third-order valence-electron chi connectivity index (χ3n) is 4.09. The van der Waals surface area contributed by atoms with E-state index in [-0.39, 0.29) is 12.7 Å². The highest BCUT2D eigenvalue weighted by Crippen LogP contribution is 2.32. The van der Waals surface area contributed by atoms with Gasteiger partial charge >= 0.3 is 0 Å². The number of hydrogen-bond donors (Lipinski definition) is 2. The highest BCUT2D eigenvalue weighted by Gasteiger charge is 2.17. The van der Waals surface area contributed by atoms with E-state index < -0.39 is 0 Å². The Balaban J connectivity index is 1.59. The molecule has 0 bridgehead atoms. The summed E-state index contributed by atoms with van der Waals surface area (Å²) >= 11 is 0. The van der Waals surface area contributed by atoms with Gasteiger partial charge in [-0.2, -0.15) is 0 Å². The summed E-state index contributed by atoms with van der Waals surface area (Å²) in [4.78, 5) is 13.4. The van der Waals surface area contributed by atoms with Gasteiger partial charge < -0.3 is 29.2 Å². The lowest BCUT2D eigenvalue weighted by molar-refractivity contribution is -0.885. The molecule has 2 aromatic rings. The fourth-order valence-electron chi connectivity index (χ4n) is 2.84. The summed E-state index contributed by atoms with van der Waals surface area (Å²) in [7, 11) is 5.11. The third kappa shape index (κ3) is 4.18. The van der Waals surface area contributed by atoms with E-state index in [1.165, 1.54) is 0 Å². The minimum absolute atomic E-state index is 0.102. The number of carbonyl (C=O) groups excluding carboxylic acids is 1. The van der Waals surface area contributed by atoms with Crippen molar-refractivity contribution in [1.29, 1.82) is 0 Å². The number of likely N-dealkylation sites (N-methyl/N-ethyl adjacent to an activating group) is 1. The fraction of sp³-hybridized carbons (Fsp3) is 0.316. The van der Waals surface area contributed by atoms with Gasteiger partial charge in [-0.15, -0.1) is 0 Å². The Bertz CT molecular complexity index is 793. The predicted molar refractivity (Wildman–Crippen MR) is 96.2 cm³/mol. The molecule has 7 nitrogen and oxygen atoms in total. The van der Waals surface area contributed by atoms with Crippen molar-refractivity contribution in [3.05, 3.63) is 42.0 Å². The molecular weight excluding hydrogens is 336 g/mol. The highest BCUT2D eigenvalue weighted by molar-refractivity contribution is 5.93. The zero-order valence-electron chi connectivity index (χ0n) is 15.1. The molecule has 26 heavy (non-hydrogen) atoms. The van der Waals surface area contributed by atoms with Gasteiger partial charge in [0.1, 0.15) is 18.0 Å². The first-order valence-corrected chi connectivity index (χ1v) is 8.30.